The molecule has 0 aromatic heterocycles. The highest BCUT2D eigenvalue weighted by Crippen LogP contribution is 2.33. The maximum Gasteiger partial charge on any atom is 0.416 e. The van der Waals surface area contributed by atoms with Crippen molar-refractivity contribution >= 4 is 43.5 Å². The average molecular weight is 731 g/mol. The number of unbranched alkanes of at least 4 members (excludes halogenated alkanes) is 1. The molecule has 4 aromatic rings. The van der Waals surface area contributed by atoms with Gasteiger partial charge in [0.25, 0.3) is 10.0 Å². The first kappa shape index (κ1) is 35.7. The molecule has 0 aliphatic heterocycles. The zero-order chi connectivity index (χ0) is 34.0. The molecular formula is C35H35BrF3N3O4S. The van der Waals surface area contributed by atoms with Crippen LogP contribution in [0.3, 0.4) is 0 Å². The number of benzene rings is 4. The number of amides is 2. The minimum Gasteiger partial charge on any atom is -0.354 e. The second-order valence-corrected chi connectivity index (χ2v) is 13.6. The van der Waals surface area contributed by atoms with Crippen LogP contribution in [0.1, 0.15) is 36.5 Å². The van der Waals surface area contributed by atoms with Crippen molar-refractivity contribution in [2.24, 2.45) is 0 Å². The Balaban J connectivity index is 1.82. The number of hydrogen-bond acceptors (Lipinski definition) is 4. The fraction of sp³-hybridized carbons (Fsp3) is 0.257. The predicted octanol–water partition coefficient (Wildman–Crippen LogP) is 7.22. The number of sulfonamides is 1. The van der Waals surface area contributed by atoms with Crippen LogP contribution in [0.4, 0.5) is 18.9 Å². The number of nitrogens with one attached hydrogen (secondary N) is 1. The summed E-state index contributed by atoms with van der Waals surface area (Å²) in [4.78, 5) is 29.3. The van der Waals surface area contributed by atoms with Gasteiger partial charge in [0.05, 0.1) is 16.1 Å². The van der Waals surface area contributed by atoms with Crippen LogP contribution in [-0.4, -0.2) is 44.3 Å². The topological polar surface area (TPSA) is 86.8 Å². The van der Waals surface area contributed by atoms with Gasteiger partial charge < -0.3 is 10.2 Å². The highest BCUT2D eigenvalue weighted by Gasteiger charge is 2.36. The molecule has 0 aliphatic rings. The van der Waals surface area contributed by atoms with Crippen molar-refractivity contribution in [2.75, 3.05) is 17.4 Å². The highest BCUT2D eigenvalue weighted by molar-refractivity contribution is 9.10. The van der Waals surface area contributed by atoms with Gasteiger partial charge in [-0.15, -0.1) is 0 Å². The van der Waals surface area contributed by atoms with E-state index in [1.54, 1.807) is 30.3 Å². The SMILES string of the molecule is CCCCNC(=O)[C@@H](Cc1ccccc1)N(Cc1ccc(Br)cc1)C(=O)CN(c1cccc(C(F)(F)F)c1)S(=O)(=O)c1ccccc1. The third-order valence-corrected chi connectivity index (χ3v) is 9.76. The predicted molar refractivity (Wildman–Crippen MR) is 179 cm³/mol. The summed E-state index contributed by atoms with van der Waals surface area (Å²) < 4.78 is 70.7. The van der Waals surface area contributed by atoms with Gasteiger partial charge in [-0.3, -0.25) is 13.9 Å². The normalized spacial score (nSPS) is 12.3. The molecule has 0 unspecified atom stereocenters. The minimum atomic E-state index is -4.76. The summed E-state index contributed by atoms with van der Waals surface area (Å²) in [5.74, 6) is -1.19. The van der Waals surface area contributed by atoms with E-state index < -0.39 is 46.2 Å². The van der Waals surface area contributed by atoms with Gasteiger partial charge in [-0.1, -0.05) is 96.0 Å². The molecule has 7 nitrogen and oxygen atoms in total. The van der Waals surface area contributed by atoms with E-state index in [2.05, 4.69) is 21.2 Å². The van der Waals surface area contributed by atoms with Gasteiger partial charge in [0.15, 0.2) is 0 Å². The fourth-order valence-corrected chi connectivity index (χ4v) is 6.62. The van der Waals surface area contributed by atoms with E-state index in [1.807, 2.05) is 37.3 Å². The van der Waals surface area contributed by atoms with Crippen molar-refractivity contribution in [2.45, 2.75) is 49.8 Å². The number of halogens is 4. The number of rotatable bonds is 14. The van der Waals surface area contributed by atoms with Crippen molar-refractivity contribution in [3.8, 4) is 0 Å². The molecule has 1 N–H and O–H groups in total. The van der Waals surface area contributed by atoms with Crippen molar-refractivity contribution in [1.82, 2.24) is 10.2 Å². The Morgan fingerprint density at radius 3 is 2.11 bits per heavy atom. The van der Waals surface area contributed by atoms with Crippen LogP contribution >= 0.6 is 15.9 Å². The van der Waals surface area contributed by atoms with Crippen molar-refractivity contribution in [1.29, 1.82) is 0 Å². The van der Waals surface area contributed by atoms with Crippen molar-refractivity contribution in [3.63, 3.8) is 0 Å². The van der Waals surface area contributed by atoms with Crippen LogP contribution < -0.4 is 9.62 Å². The largest absolute Gasteiger partial charge is 0.416 e. The van der Waals surface area contributed by atoms with Gasteiger partial charge in [0, 0.05) is 24.0 Å². The van der Waals surface area contributed by atoms with Crippen LogP contribution in [0.5, 0.6) is 0 Å². The highest BCUT2D eigenvalue weighted by atomic mass is 79.9. The zero-order valence-electron chi connectivity index (χ0n) is 25.7. The molecular weight excluding hydrogens is 695 g/mol. The summed E-state index contributed by atoms with van der Waals surface area (Å²) in [5.41, 5.74) is 0.0215. The maximum absolute atomic E-state index is 14.4. The van der Waals surface area contributed by atoms with Crippen molar-refractivity contribution < 1.29 is 31.2 Å². The molecule has 0 radical (unpaired) electrons. The molecule has 0 saturated heterocycles. The quantitative estimate of drug-likeness (QED) is 0.139. The number of anilines is 1. The molecule has 0 saturated carbocycles. The molecule has 0 heterocycles. The lowest BCUT2D eigenvalue weighted by Crippen LogP contribution is -2.53. The van der Waals surface area contributed by atoms with Crippen molar-refractivity contribution in [3.05, 3.63) is 130 Å². The fourth-order valence-electron chi connectivity index (χ4n) is 4.93. The molecule has 0 spiro atoms. The third-order valence-electron chi connectivity index (χ3n) is 7.44. The number of carbonyl (C=O) groups is 2. The number of hydrogen-bond donors (Lipinski definition) is 1. The van der Waals surface area contributed by atoms with Gasteiger partial charge in [0.2, 0.25) is 11.8 Å². The van der Waals surface area contributed by atoms with E-state index in [-0.39, 0.29) is 23.5 Å². The Morgan fingerprint density at radius 1 is 0.851 bits per heavy atom. The molecule has 248 valence electrons. The summed E-state index contributed by atoms with van der Waals surface area (Å²) >= 11 is 3.40. The van der Waals surface area contributed by atoms with E-state index in [0.717, 1.165) is 28.6 Å². The van der Waals surface area contributed by atoms with Gasteiger partial charge in [0.1, 0.15) is 12.6 Å². The molecule has 2 amide bonds. The number of nitrogens with zero attached hydrogens (tertiary/aromatic N) is 2. The number of carbonyl (C=O) groups excluding carboxylic acids is 2. The molecule has 4 aromatic carbocycles. The third kappa shape index (κ3) is 9.68. The van der Waals surface area contributed by atoms with Crippen LogP contribution in [0.2, 0.25) is 0 Å². The van der Waals surface area contributed by atoms with Crippen LogP contribution in [0.15, 0.2) is 119 Å². The van der Waals surface area contributed by atoms with E-state index in [9.17, 15) is 31.2 Å². The summed E-state index contributed by atoms with van der Waals surface area (Å²) in [6, 6.07) is 26.1. The van der Waals surface area contributed by atoms with E-state index in [0.29, 0.717) is 28.9 Å². The minimum absolute atomic E-state index is 0.0629. The molecule has 12 heteroatoms. The second-order valence-electron chi connectivity index (χ2n) is 10.9. The van der Waals surface area contributed by atoms with Crippen LogP contribution in [0, 0.1) is 0 Å². The van der Waals surface area contributed by atoms with E-state index in [1.165, 1.54) is 35.2 Å². The molecule has 47 heavy (non-hydrogen) atoms. The van der Waals surface area contributed by atoms with Gasteiger partial charge in [-0.25, -0.2) is 8.42 Å². The monoisotopic (exact) mass is 729 g/mol. The molecule has 0 fully saturated rings. The first-order chi connectivity index (χ1) is 22.4. The number of alkyl halides is 3. The maximum atomic E-state index is 14.4. The summed E-state index contributed by atoms with van der Waals surface area (Å²) in [6.45, 7) is 1.43. The van der Waals surface area contributed by atoms with Gasteiger partial charge in [-0.2, -0.15) is 13.2 Å². The van der Waals surface area contributed by atoms with Crippen LogP contribution in [0.25, 0.3) is 0 Å². The smallest absolute Gasteiger partial charge is 0.354 e. The Bertz CT molecular complexity index is 1740. The summed E-state index contributed by atoms with van der Waals surface area (Å²) in [6.07, 6.45) is -3.10. The average Bonchev–Trinajstić information content (AvgIpc) is 3.06. The first-order valence-corrected chi connectivity index (χ1v) is 17.2. The summed E-state index contributed by atoms with van der Waals surface area (Å²) in [5, 5.41) is 2.90. The van der Waals surface area contributed by atoms with Crippen LogP contribution in [-0.2, 0) is 38.8 Å². The molecule has 0 bridgehead atoms. The Labute approximate surface area is 281 Å². The second kappa shape index (κ2) is 16.1. The van der Waals surface area contributed by atoms with E-state index >= 15 is 0 Å². The summed E-state index contributed by atoms with van der Waals surface area (Å²) in [7, 11) is -4.53. The lowest BCUT2D eigenvalue weighted by atomic mass is 10.0. The van der Waals surface area contributed by atoms with Gasteiger partial charge >= 0.3 is 6.18 Å². The lowest BCUT2D eigenvalue weighted by molar-refractivity contribution is -0.140. The first-order valence-electron chi connectivity index (χ1n) is 15.0. The molecule has 0 aliphatic carbocycles. The zero-order valence-corrected chi connectivity index (χ0v) is 28.1. The van der Waals surface area contributed by atoms with Gasteiger partial charge in [-0.05, 0) is 60.0 Å². The Hall–Kier alpha value is -4.16. The Kier molecular flexibility index (Phi) is 12.2. The lowest BCUT2D eigenvalue weighted by Gasteiger charge is -2.34. The Morgan fingerprint density at radius 2 is 1.49 bits per heavy atom. The molecule has 1 atom stereocenters. The standard InChI is InChI=1S/C35H35BrF3N3O4S/c1-2-3-21-40-34(44)32(22-26-11-6-4-7-12-26)41(24-27-17-19-29(36)20-18-27)33(43)25-42(47(45,46)31-15-8-5-9-16-31)30-14-10-13-28(23-30)35(37,38)39/h4-20,23,32H,2-3,21-22,24-25H2,1H3,(H,40,44)/t32-/m1/s1. The van der Waals surface area contributed by atoms with E-state index in [4.69, 9.17) is 0 Å². The molecule has 4 rings (SSSR count).